The molecule has 0 spiro atoms. The van der Waals surface area contributed by atoms with Gasteiger partial charge < -0.3 is 9.73 Å². The van der Waals surface area contributed by atoms with Gasteiger partial charge >= 0.3 is 5.91 Å². The van der Waals surface area contributed by atoms with Gasteiger partial charge in [-0.25, -0.2) is 5.43 Å². The Bertz CT molecular complexity index is 1000. The van der Waals surface area contributed by atoms with E-state index >= 15 is 0 Å². The van der Waals surface area contributed by atoms with E-state index in [0.717, 1.165) is 0 Å². The zero-order valence-electron chi connectivity index (χ0n) is 13.8. The lowest BCUT2D eigenvalue weighted by atomic mass is 10.2. The largest absolute Gasteiger partial charge is 0.459 e. The van der Waals surface area contributed by atoms with Crippen molar-refractivity contribution in [2.45, 2.75) is 0 Å². The van der Waals surface area contributed by atoms with Crippen LogP contribution in [-0.2, 0) is 0 Å². The summed E-state index contributed by atoms with van der Waals surface area (Å²) in [5, 5.41) is 7.33. The Balaban J connectivity index is 1.65. The van der Waals surface area contributed by atoms with E-state index < -0.39 is 5.91 Å². The first-order chi connectivity index (χ1) is 13.0. The summed E-state index contributed by atoms with van der Waals surface area (Å²) in [7, 11) is 0. The normalized spacial score (nSPS) is 10.7. The van der Waals surface area contributed by atoms with Crippen molar-refractivity contribution in [2.75, 3.05) is 5.32 Å². The number of nitrogens with one attached hydrogen (secondary N) is 2. The van der Waals surface area contributed by atoms with Crippen LogP contribution >= 0.6 is 23.2 Å². The number of carbonyl (C=O) groups excluding carboxylic acids is 2. The molecule has 27 heavy (non-hydrogen) atoms. The minimum absolute atomic E-state index is 0.160. The number of halogens is 2. The first kappa shape index (κ1) is 18.7. The maximum atomic E-state index is 12.4. The molecule has 1 heterocycles. The molecule has 8 heteroatoms. The Kier molecular flexibility index (Phi) is 5.90. The van der Waals surface area contributed by atoms with Gasteiger partial charge in [0.1, 0.15) is 0 Å². The first-order valence-electron chi connectivity index (χ1n) is 7.76. The van der Waals surface area contributed by atoms with Crippen LogP contribution in [0, 0.1) is 0 Å². The predicted octanol–water partition coefficient (Wildman–Crippen LogP) is 4.60. The van der Waals surface area contributed by atoms with Crippen molar-refractivity contribution >= 4 is 46.9 Å². The number of nitrogens with zero attached hydrogens (tertiary/aromatic N) is 1. The van der Waals surface area contributed by atoms with Gasteiger partial charge in [0.05, 0.1) is 23.1 Å². The Morgan fingerprint density at radius 2 is 1.85 bits per heavy atom. The molecule has 2 N–H and O–H groups in total. The standard InChI is InChI=1S/C19H13Cl2N3O3/c20-13-6-7-15(16(21)10-13)18(25)23-14-4-1-3-12(9-14)11-22-24-19(26)17-5-2-8-27-17/h1-11H,(H,23,25)(H,24,26)/b22-11-. The van der Waals surface area contributed by atoms with Crippen molar-refractivity contribution < 1.29 is 14.0 Å². The number of carbonyl (C=O) groups is 2. The molecule has 0 bridgehead atoms. The van der Waals surface area contributed by atoms with Gasteiger partial charge in [-0.15, -0.1) is 0 Å². The molecular formula is C19H13Cl2N3O3. The molecule has 0 aliphatic carbocycles. The second kappa shape index (κ2) is 8.53. The quantitative estimate of drug-likeness (QED) is 0.483. The molecule has 1 aromatic heterocycles. The molecule has 0 unspecified atom stereocenters. The minimum Gasteiger partial charge on any atom is -0.459 e. The van der Waals surface area contributed by atoms with Crippen LogP contribution in [0.3, 0.4) is 0 Å². The second-order valence-corrected chi connectivity index (χ2v) is 6.22. The van der Waals surface area contributed by atoms with E-state index in [4.69, 9.17) is 27.6 Å². The molecule has 136 valence electrons. The third-order valence-electron chi connectivity index (χ3n) is 3.44. The minimum atomic E-state index is -0.460. The molecule has 2 aromatic carbocycles. The molecule has 3 aromatic rings. The maximum absolute atomic E-state index is 12.4. The smallest absolute Gasteiger partial charge is 0.307 e. The molecule has 3 rings (SSSR count). The first-order valence-corrected chi connectivity index (χ1v) is 8.52. The molecule has 0 fully saturated rings. The molecule has 0 atom stereocenters. The van der Waals surface area contributed by atoms with Crippen LogP contribution < -0.4 is 10.7 Å². The summed E-state index contributed by atoms with van der Waals surface area (Å²) in [6.45, 7) is 0. The highest BCUT2D eigenvalue weighted by atomic mass is 35.5. The van der Waals surface area contributed by atoms with E-state index in [1.165, 1.54) is 24.6 Å². The fourth-order valence-corrected chi connectivity index (χ4v) is 2.69. The average Bonchev–Trinajstić information content (AvgIpc) is 3.16. The Morgan fingerprint density at radius 3 is 2.59 bits per heavy atom. The van der Waals surface area contributed by atoms with Crippen LogP contribution in [0.2, 0.25) is 10.0 Å². The van der Waals surface area contributed by atoms with Crippen molar-refractivity contribution in [3.63, 3.8) is 0 Å². The lowest BCUT2D eigenvalue weighted by molar-refractivity contribution is 0.0927. The second-order valence-electron chi connectivity index (χ2n) is 5.38. The molecular weight excluding hydrogens is 389 g/mol. The number of anilines is 1. The molecule has 0 saturated heterocycles. The summed E-state index contributed by atoms with van der Waals surface area (Å²) in [5.41, 5.74) is 3.89. The van der Waals surface area contributed by atoms with Crippen LogP contribution in [0.15, 0.2) is 70.4 Å². The highest BCUT2D eigenvalue weighted by Gasteiger charge is 2.11. The fraction of sp³-hybridized carbons (Fsp3) is 0. The van der Waals surface area contributed by atoms with Crippen LogP contribution in [0.25, 0.3) is 0 Å². The van der Waals surface area contributed by atoms with Crippen molar-refractivity contribution in [1.29, 1.82) is 0 Å². The molecule has 0 radical (unpaired) electrons. The van der Waals surface area contributed by atoms with Gasteiger partial charge in [0.15, 0.2) is 5.76 Å². The van der Waals surface area contributed by atoms with Crippen molar-refractivity contribution in [1.82, 2.24) is 5.43 Å². The van der Waals surface area contributed by atoms with Crippen molar-refractivity contribution in [2.24, 2.45) is 5.10 Å². The molecule has 2 amide bonds. The van der Waals surface area contributed by atoms with Gasteiger partial charge in [-0.05, 0) is 48.0 Å². The monoisotopic (exact) mass is 401 g/mol. The summed E-state index contributed by atoms with van der Waals surface area (Å²) < 4.78 is 4.97. The number of amides is 2. The van der Waals surface area contributed by atoms with E-state index in [1.807, 2.05) is 0 Å². The average molecular weight is 402 g/mol. The van der Waals surface area contributed by atoms with Gasteiger partial charge in [0, 0.05) is 10.7 Å². The number of benzene rings is 2. The molecule has 0 aliphatic rings. The van der Waals surface area contributed by atoms with Gasteiger partial charge in [0.25, 0.3) is 5.91 Å². The van der Waals surface area contributed by atoms with E-state index in [0.29, 0.717) is 21.8 Å². The third kappa shape index (κ3) is 4.97. The highest BCUT2D eigenvalue weighted by Crippen LogP contribution is 2.22. The summed E-state index contributed by atoms with van der Waals surface area (Å²) in [6, 6.07) is 14.7. The lowest BCUT2D eigenvalue weighted by Crippen LogP contribution is -2.16. The molecule has 0 saturated carbocycles. The number of hydrogen-bond donors (Lipinski definition) is 2. The van der Waals surface area contributed by atoms with Gasteiger partial charge in [-0.2, -0.15) is 5.10 Å². The van der Waals surface area contributed by atoms with E-state index in [9.17, 15) is 9.59 Å². The SMILES string of the molecule is O=C(N/N=C\c1cccc(NC(=O)c2ccc(Cl)cc2Cl)c1)c1ccco1. The zero-order valence-corrected chi connectivity index (χ0v) is 15.3. The van der Waals surface area contributed by atoms with Crippen LogP contribution in [0.1, 0.15) is 26.5 Å². The number of rotatable bonds is 5. The lowest BCUT2D eigenvalue weighted by Gasteiger charge is -2.07. The van der Waals surface area contributed by atoms with Crippen LogP contribution in [0.4, 0.5) is 5.69 Å². The summed E-state index contributed by atoms with van der Waals surface area (Å²) in [6.07, 6.45) is 2.85. The summed E-state index contributed by atoms with van der Waals surface area (Å²) in [4.78, 5) is 24.1. The van der Waals surface area contributed by atoms with Crippen molar-refractivity contribution in [3.05, 3.63) is 87.8 Å². The fourth-order valence-electron chi connectivity index (χ4n) is 2.20. The number of hydrogen-bond acceptors (Lipinski definition) is 4. The van der Waals surface area contributed by atoms with E-state index in [2.05, 4.69) is 15.8 Å². The Labute approximate surface area is 164 Å². The van der Waals surface area contributed by atoms with Crippen molar-refractivity contribution in [3.8, 4) is 0 Å². The summed E-state index contributed by atoms with van der Waals surface area (Å²) in [5.74, 6) is -0.664. The molecule has 6 nitrogen and oxygen atoms in total. The van der Waals surface area contributed by atoms with E-state index in [1.54, 1.807) is 42.5 Å². The number of furan rings is 1. The molecule has 0 aliphatic heterocycles. The van der Waals surface area contributed by atoms with Gasteiger partial charge in [-0.3, -0.25) is 9.59 Å². The van der Waals surface area contributed by atoms with Crippen LogP contribution in [-0.4, -0.2) is 18.0 Å². The van der Waals surface area contributed by atoms with Gasteiger partial charge in [0.2, 0.25) is 0 Å². The van der Waals surface area contributed by atoms with E-state index in [-0.39, 0.29) is 16.7 Å². The maximum Gasteiger partial charge on any atom is 0.307 e. The summed E-state index contributed by atoms with van der Waals surface area (Å²) >= 11 is 11.9. The predicted molar refractivity (Wildman–Crippen MR) is 105 cm³/mol. The third-order valence-corrected chi connectivity index (χ3v) is 3.99. The number of hydrazone groups is 1. The highest BCUT2D eigenvalue weighted by molar-refractivity contribution is 6.37. The Hall–Kier alpha value is -3.09. The van der Waals surface area contributed by atoms with Gasteiger partial charge in [-0.1, -0.05) is 35.3 Å². The van der Waals surface area contributed by atoms with Crippen LogP contribution in [0.5, 0.6) is 0 Å². The topological polar surface area (TPSA) is 83.7 Å². The zero-order chi connectivity index (χ0) is 19.2. The Morgan fingerprint density at radius 1 is 1.00 bits per heavy atom.